The molecular formula is C11H24N2O3. The lowest BCUT2D eigenvalue weighted by atomic mass is 10.2. The molecule has 1 amide bonds. The van der Waals surface area contributed by atoms with Crippen LogP contribution in [-0.4, -0.2) is 50.0 Å². The van der Waals surface area contributed by atoms with E-state index in [1.54, 1.807) is 7.11 Å². The molecule has 0 spiro atoms. The summed E-state index contributed by atoms with van der Waals surface area (Å²) in [5.74, 6) is 0.0445. The first-order chi connectivity index (χ1) is 7.60. The molecule has 0 aromatic rings. The number of carbonyl (C=O) groups excluding carboxylic acids is 1. The molecule has 0 aliphatic carbocycles. The van der Waals surface area contributed by atoms with Gasteiger partial charge in [0, 0.05) is 32.7 Å². The topological polar surface area (TPSA) is 70.6 Å². The molecule has 0 radical (unpaired) electrons. The summed E-state index contributed by atoms with van der Waals surface area (Å²) in [6, 6.07) is 0.228. The van der Waals surface area contributed by atoms with Crippen LogP contribution in [0.1, 0.15) is 26.7 Å². The van der Waals surface area contributed by atoms with E-state index in [0.717, 1.165) is 6.42 Å². The maximum Gasteiger partial charge on any atom is 0.221 e. The van der Waals surface area contributed by atoms with Crippen LogP contribution in [0.25, 0.3) is 0 Å². The van der Waals surface area contributed by atoms with Crippen LogP contribution >= 0.6 is 0 Å². The van der Waals surface area contributed by atoms with E-state index in [9.17, 15) is 9.90 Å². The van der Waals surface area contributed by atoms with Crippen molar-refractivity contribution in [1.29, 1.82) is 0 Å². The van der Waals surface area contributed by atoms with Gasteiger partial charge in [-0.3, -0.25) is 4.79 Å². The van der Waals surface area contributed by atoms with E-state index in [0.29, 0.717) is 26.1 Å². The third-order valence-corrected chi connectivity index (χ3v) is 2.29. The van der Waals surface area contributed by atoms with Crippen LogP contribution in [0.4, 0.5) is 0 Å². The molecule has 2 atom stereocenters. The summed E-state index contributed by atoms with van der Waals surface area (Å²) in [7, 11) is 1.54. The summed E-state index contributed by atoms with van der Waals surface area (Å²) < 4.78 is 4.78. The minimum atomic E-state index is -0.511. The van der Waals surface area contributed by atoms with Crippen molar-refractivity contribution in [1.82, 2.24) is 10.6 Å². The summed E-state index contributed by atoms with van der Waals surface area (Å²) in [6.07, 6.45) is 0.859. The lowest BCUT2D eigenvalue weighted by molar-refractivity contribution is -0.121. The molecule has 0 fully saturated rings. The highest BCUT2D eigenvalue weighted by Gasteiger charge is 2.06. The van der Waals surface area contributed by atoms with Gasteiger partial charge < -0.3 is 20.5 Å². The fourth-order valence-corrected chi connectivity index (χ4v) is 1.17. The molecule has 3 N–H and O–H groups in total. The van der Waals surface area contributed by atoms with Gasteiger partial charge in [-0.2, -0.15) is 0 Å². The monoisotopic (exact) mass is 232 g/mol. The van der Waals surface area contributed by atoms with Crippen LogP contribution in [0, 0.1) is 0 Å². The number of nitrogens with one attached hydrogen (secondary N) is 2. The summed E-state index contributed by atoms with van der Waals surface area (Å²) in [5.41, 5.74) is 0. The van der Waals surface area contributed by atoms with Gasteiger partial charge in [0.05, 0.1) is 12.7 Å². The van der Waals surface area contributed by atoms with Crippen LogP contribution in [0.15, 0.2) is 0 Å². The predicted molar refractivity (Wildman–Crippen MR) is 63.3 cm³/mol. The van der Waals surface area contributed by atoms with Gasteiger partial charge in [0.1, 0.15) is 0 Å². The SMILES string of the molecule is CCC(C)NC(=O)CCNCC(O)COC. The molecule has 0 aliphatic heterocycles. The van der Waals surface area contributed by atoms with E-state index in [1.165, 1.54) is 0 Å². The van der Waals surface area contributed by atoms with Crippen molar-refractivity contribution in [3.63, 3.8) is 0 Å². The fourth-order valence-electron chi connectivity index (χ4n) is 1.17. The van der Waals surface area contributed by atoms with Gasteiger partial charge in [0.25, 0.3) is 0 Å². The predicted octanol–water partition coefficient (Wildman–Crippen LogP) is -0.112. The standard InChI is InChI=1S/C11H24N2O3/c1-4-9(2)13-11(15)5-6-12-7-10(14)8-16-3/h9-10,12,14H,4-8H2,1-3H3,(H,13,15). The molecule has 5 nitrogen and oxygen atoms in total. The lowest BCUT2D eigenvalue weighted by Crippen LogP contribution is -2.36. The van der Waals surface area contributed by atoms with Gasteiger partial charge in [0.2, 0.25) is 5.91 Å². The maximum absolute atomic E-state index is 11.3. The quantitative estimate of drug-likeness (QED) is 0.485. The second-order valence-corrected chi connectivity index (χ2v) is 3.94. The Balaban J connectivity index is 3.40. The van der Waals surface area contributed by atoms with Crippen molar-refractivity contribution in [2.24, 2.45) is 0 Å². The Morgan fingerprint density at radius 3 is 2.75 bits per heavy atom. The van der Waals surface area contributed by atoms with E-state index in [4.69, 9.17) is 4.74 Å². The molecule has 0 aromatic heterocycles. The molecule has 2 unspecified atom stereocenters. The lowest BCUT2D eigenvalue weighted by Gasteiger charge is -2.13. The molecule has 16 heavy (non-hydrogen) atoms. The Kier molecular flexibility index (Phi) is 9.18. The second kappa shape index (κ2) is 9.57. The number of aliphatic hydroxyl groups excluding tert-OH is 1. The number of carbonyl (C=O) groups is 1. The van der Waals surface area contributed by atoms with E-state index >= 15 is 0 Å². The van der Waals surface area contributed by atoms with E-state index < -0.39 is 6.10 Å². The van der Waals surface area contributed by atoms with Crippen LogP contribution < -0.4 is 10.6 Å². The van der Waals surface area contributed by atoms with Gasteiger partial charge in [-0.15, -0.1) is 0 Å². The largest absolute Gasteiger partial charge is 0.389 e. The first-order valence-electron chi connectivity index (χ1n) is 5.77. The third kappa shape index (κ3) is 8.64. The number of methoxy groups -OCH3 is 1. The molecule has 0 saturated heterocycles. The molecular weight excluding hydrogens is 208 g/mol. The van der Waals surface area contributed by atoms with Crippen molar-refractivity contribution in [2.75, 3.05) is 26.8 Å². The van der Waals surface area contributed by atoms with Gasteiger partial charge in [0.15, 0.2) is 0 Å². The van der Waals surface area contributed by atoms with Crippen LogP contribution in [-0.2, 0) is 9.53 Å². The van der Waals surface area contributed by atoms with Crippen molar-refractivity contribution >= 4 is 5.91 Å². The number of amides is 1. The van der Waals surface area contributed by atoms with Crippen LogP contribution in [0.2, 0.25) is 0 Å². The van der Waals surface area contributed by atoms with Crippen molar-refractivity contribution < 1.29 is 14.6 Å². The number of hydrogen-bond donors (Lipinski definition) is 3. The van der Waals surface area contributed by atoms with Gasteiger partial charge in [-0.1, -0.05) is 6.92 Å². The highest BCUT2D eigenvalue weighted by molar-refractivity contribution is 5.76. The van der Waals surface area contributed by atoms with Gasteiger partial charge in [-0.25, -0.2) is 0 Å². The zero-order valence-electron chi connectivity index (χ0n) is 10.5. The number of rotatable bonds is 9. The van der Waals surface area contributed by atoms with E-state index in [-0.39, 0.29) is 11.9 Å². The van der Waals surface area contributed by atoms with Gasteiger partial charge >= 0.3 is 0 Å². The minimum Gasteiger partial charge on any atom is -0.389 e. The average molecular weight is 232 g/mol. The van der Waals surface area contributed by atoms with Crippen LogP contribution in [0.5, 0.6) is 0 Å². The Morgan fingerprint density at radius 2 is 2.19 bits per heavy atom. The van der Waals surface area contributed by atoms with Crippen molar-refractivity contribution in [2.45, 2.75) is 38.8 Å². The third-order valence-electron chi connectivity index (χ3n) is 2.29. The number of aliphatic hydroxyl groups is 1. The molecule has 0 bridgehead atoms. The zero-order valence-corrected chi connectivity index (χ0v) is 10.5. The van der Waals surface area contributed by atoms with Crippen molar-refractivity contribution in [3.05, 3.63) is 0 Å². The summed E-state index contributed by atoms with van der Waals surface area (Å²) >= 11 is 0. The average Bonchev–Trinajstić information content (AvgIpc) is 2.24. The summed E-state index contributed by atoms with van der Waals surface area (Å²) in [6.45, 7) is 5.34. The second-order valence-electron chi connectivity index (χ2n) is 3.94. The zero-order chi connectivity index (χ0) is 12.4. The molecule has 0 rings (SSSR count). The van der Waals surface area contributed by atoms with Gasteiger partial charge in [-0.05, 0) is 13.3 Å². The Labute approximate surface area is 97.6 Å². The summed E-state index contributed by atoms with van der Waals surface area (Å²) in [5, 5.41) is 15.2. The number of hydrogen-bond acceptors (Lipinski definition) is 4. The smallest absolute Gasteiger partial charge is 0.221 e. The molecule has 96 valence electrons. The Morgan fingerprint density at radius 1 is 1.50 bits per heavy atom. The first kappa shape index (κ1) is 15.3. The Hall–Kier alpha value is -0.650. The highest BCUT2D eigenvalue weighted by atomic mass is 16.5. The summed E-state index contributed by atoms with van der Waals surface area (Å²) in [4.78, 5) is 11.3. The van der Waals surface area contributed by atoms with E-state index in [1.807, 2.05) is 13.8 Å². The molecule has 0 aromatic carbocycles. The fraction of sp³-hybridized carbons (Fsp3) is 0.909. The van der Waals surface area contributed by atoms with Crippen molar-refractivity contribution in [3.8, 4) is 0 Å². The Bertz CT molecular complexity index is 188. The maximum atomic E-state index is 11.3. The molecule has 0 heterocycles. The normalized spacial score (nSPS) is 14.5. The first-order valence-corrected chi connectivity index (χ1v) is 5.77. The van der Waals surface area contributed by atoms with E-state index in [2.05, 4.69) is 10.6 Å². The molecule has 0 saturated carbocycles. The highest BCUT2D eigenvalue weighted by Crippen LogP contribution is 1.89. The molecule has 0 aliphatic rings. The molecule has 5 heteroatoms. The number of ether oxygens (including phenoxy) is 1. The minimum absolute atomic E-state index is 0.0445. The van der Waals surface area contributed by atoms with Crippen LogP contribution in [0.3, 0.4) is 0 Å².